The van der Waals surface area contributed by atoms with Gasteiger partial charge in [0.1, 0.15) is 0 Å². The average Bonchev–Trinajstić information content (AvgIpc) is 3.09. The number of halogens is 1. The van der Waals surface area contributed by atoms with E-state index in [4.69, 9.17) is 4.42 Å². The molecule has 1 aliphatic carbocycles. The highest BCUT2D eigenvalue weighted by Gasteiger charge is 2.34. The van der Waals surface area contributed by atoms with Gasteiger partial charge in [-0.1, -0.05) is 28.1 Å². The van der Waals surface area contributed by atoms with Crippen LogP contribution in [0.15, 0.2) is 51.6 Å². The third-order valence-corrected chi connectivity index (χ3v) is 3.72. The van der Waals surface area contributed by atoms with E-state index in [1.54, 1.807) is 12.1 Å². The second kappa shape index (κ2) is 5.21. The van der Waals surface area contributed by atoms with Crippen LogP contribution in [0.5, 0.6) is 0 Å². The average molecular weight is 320 g/mol. The van der Waals surface area contributed by atoms with Crippen LogP contribution in [0.25, 0.3) is 0 Å². The molecule has 1 aromatic heterocycles. The zero-order valence-electron chi connectivity index (χ0n) is 10.4. The number of benzene rings is 1. The van der Waals surface area contributed by atoms with Crippen molar-refractivity contribution in [1.29, 1.82) is 0 Å². The summed E-state index contributed by atoms with van der Waals surface area (Å²) in [6, 6.07) is 11.9. The highest BCUT2D eigenvalue weighted by atomic mass is 79.9. The topological polar surface area (TPSA) is 33.5 Å². The smallest absolute Gasteiger partial charge is 0.290 e. The van der Waals surface area contributed by atoms with Gasteiger partial charge in [-0.25, -0.2) is 0 Å². The molecule has 19 heavy (non-hydrogen) atoms. The molecule has 98 valence electrons. The van der Waals surface area contributed by atoms with Crippen molar-refractivity contribution in [2.24, 2.45) is 0 Å². The molecule has 4 heteroatoms. The van der Waals surface area contributed by atoms with E-state index in [0.717, 1.165) is 22.9 Å². The van der Waals surface area contributed by atoms with E-state index in [-0.39, 0.29) is 5.91 Å². The molecule has 0 bridgehead atoms. The fourth-order valence-corrected chi connectivity index (χ4v) is 2.57. The second-order valence-corrected chi connectivity index (χ2v) is 5.69. The van der Waals surface area contributed by atoms with Crippen LogP contribution in [0.1, 0.15) is 29.0 Å². The Hall–Kier alpha value is -1.55. The minimum Gasteiger partial charge on any atom is -0.459 e. The van der Waals surface area contributed by atoms with Gasteiger partial charge in [-0.3, -0.25) is 4.79 Å². The normalized spacial score (nSPS) is 14.4. The van der Waals surface area contributed by atoms with E-state index >= 15 is 0 Å². The molecule has 0 radical (unpaired) electrons. The van der Waals surface area contributed by atoms with E-state index in [9.17, 15) is 4.79 Å². The number of carbonyl (C=O) groups is 1. The monoisotopic (exact) mass is 319 g/mol. The Balaban J connectivity index is 1.80. The predicted octanol–water partition coefficient (Wildman–Crippen LogP) is 3.85. The number of furan rings is 1. The number of hydrogen-bond acceptors (Lipinski definition) is 2. The maximum absolute atomic E-state index is 12.4. The van der Waals surface area contributed by atoms with Gasteiger partial charge in [-0.05, 0) is 42.7 Å². The molecule has 0 N–H and O–H groups in total. The Bertz CT molecular complexity index is 576. The Morgan fingerprint density at radius 1 is 1.32 bits per heavy atom. The summed E-state index contributed by atoms with van der Waals surface area (Å²) in [7, 11) is 0. The maximum Gasteiger partial charge on any atom is 0.290 e. The number of rotatable bonds is 4. The summed E-state index contributed by atoms with van der Waals surface area (Å²) >= 11 is 3.46. The van der Waals surface area contributed by atoms with Gasteiger partial charge < -0.3 is 9.32 Å². The SMILES string of the molecule is O=C(c1ccco1)N(Cc1cccc(Br)c1)C1CC1. The third-order valence-electron chi connectivity index (χ3n) is 3.22. The molecule has 0 spiro atoms. The number of nitrogens with zero attached hydrogens (tertiary/aromatic N) is 1. The Labute approximate surface area is 120 Å². The molecule has 1 saturated carbocycles. The van der Waals surface area contributed by atoms with Crippen molar-refractivity contribution in [2.75, 3.05) is 0 Å². The molecule has 0 aliphatic heterocycles. The van der Waals surface area contributed by atoms with Crippen molar-refractivity contribution in [3.8, 4) is 0 Å². The summed E-state index contributed by atoms with van der Waals surface area (Å²) in [4.78, 5) is 14.3. The quantitative estimate of drug-likeness (QED) is 0.857. The van der Waals surface area contributed by atoms with Crippen molar-refractivity contribution in [1.82, 2.24) is 4.90 Å². The van der Waals surface area contributed by atoms with Crippen molar-refractivity contribution in [3.05, 3.63) is 58.5 Å². The Kier molecular flexibility index (Phi) is 3.42. The van der Waals surface area contributed by atoms with E-state index in [2.05, 4.69) is 15.9 Å². The largest absolute Gasteiger partial charge is 0.459 e. The van der Waals surface area contributed by atoms with Crippen LogP contribution in [0, 0.1) is 0 Å². The fourth-order valence-electron chi connectivity index (χ4n) is 2.13. The van der Waals surface area contributed by atoms with Crippen LogP contribution in [0.2, 0.25) is 0 Å². The van der Waals surface area contributed by atoms with E-state index in [0.29, 0.717) is 18.3 Å². The molecule has 1 aromatic carbocycles. The van der Waals surface area contributed by atoms with Crippen molar-refractivity contribution in [3.63, 3.8) is 0 Å². The molecule has 0 unspecified atom stereocenters. The standard InChI is InChI=1S/C15H14BrNO2/c16-12-4-1-3-11(9-12)10-17(13-6-7-13)15(18)14-5-2-8-19-14/h1-5,8-9,13H,6-7,10H2. The van der Waals surface area contributed by atoms with Gasteiger partial charge in [0.2, 0.25) is 0 Å². The molecular formula is C15H14BrNO2. The van der Waals surface area contributed by atoms with E-state index in [1.807, 2.05) is 29.2 Å². The lowest BCUT2D eigenvalue weighted by molar-refractivity contribution is 0.0697. The summed E-state index contributed by atoms with van der Waals surface area (Å²) in [6.45, 7) is 0.629. The summed E-state index contributed by atoms with van der Waals surface area (Å²) in [5.74, 6) is 0.398. The van der Waals surface area contributed by atoms with Crippen LogP contribution in [-0.2, 0) is 6.54 Å². The van der Waals surface area contributed by atoms with Gasteiger partial charge in [0.05, 0.1) is 6.26 Å². The van der Waals surface area contributed by atoms with Crippen LogP contribution >= 0.6 is 15.9 Å². The van der Waals surface area contributed by atoms with Gasteiger partial charge in [-0.15, -0.1) is 0 Å². The van der Waals surface area contributed by atoms with Crippen LogP contribution < -0.4 is 0 Å². The first-order valence-corrected chi connectivity index (χ1v) is 7.12. The third kappa shape index (κ3) is 2.89. The lowest BCUT2D eigenvalue weighted by Gasteiger charge is -2.21. The van der Waals surface area contributed by atoms with Gasteiger partial charge >= 0.3 is 0 Å². The van der Waals surface area contributed by atoms with Gasteiger partial charge in [-0.2, -0.15) is 0 Å². The molecular weight excluding hydrogens is 306 g/mol. The molecule has 3 nitrogen and oxygen atoms in total. The van der Waals surface area contributed by atoms with E-state index in [1.165, 1.54) is 6.26 Å². The van der Waals surface area contributed by atoms with Gasteiger partial charge in [0.15, 0.2) is 5.76 Å². The molecule has 1 fully saturated rings. The summed E-state index contributed by atoms with van der Waals surface area (Å²) < 4.78 is 6.25. The van der Waals surface area contributed by atoms with Crippen molar-refractivity contribution >= 4 is 21.8 Å². The van der Waals surface area contributed by atoms with Crippen molar-refractivity contribution in [2.45, 2.75) is 25.4 Å². The number of carbonyl (C=O) groups excluding carboxylic acids is 1. The summed E-state index contributed by atoms with van der Waals surface area (Å²) in [5.41, 5.74) is 1.13. The van der Waals surface area contributed by atoms with Crippen molar-refractivity contribution < 1.29 is 9.21 Å². The summed E-state index contributed by atoms with van der Waals surface area (Å²) in [5, 5.41) is 0. The molecule has 1 heterocycles. The zero-order chi connectivity index (χ0) is 13.2. The predicted molar refractivity (Wildman–Crippen MR) is 75.7 cm³/mol. The molecule has 1 amide bonds. The first-order chi connectivity index (χ1) is 9.24. The highest BCUT2D eigenvalue weighted by molar-refractivity contribution is 9.10. The van der Waals surface area contributed by atoms with Gasteiger partial charge in [0.25, 0.3) is 5.91 Å². The lowest BCUT2D eigenvalue weighted by Crippen LogP contribution is -2.32. The first-order valence-electron chi connectivity index (χ1n) is 6.33. The van der Waals surface area contributed by atoms with Crippen LogP contribution in [0.3, 0.4) is 0 Å². The number of amides is 1. The molecule has 2 aromatic rings. The number of hydrogen-bond donors (Lipinski definition) is 0. The minimum absolute atomic E-state index is 0.0209. The second-order valence-electron chi connectivity index (χ2n) is 4.77. The van der Waals surface area contributed by atoms with Crippen LogP contribution in [-0.4, -0.2) is 16.8 Å². The highest BCUT2D eigenvalue weighted by Crippen LogP contribution is 2.30. The first kappa shape index (κ1) is 12.5. The maximum atomic E-state index is 12.4. The molecule has 3 rings (SSSR count). The summed E-state index contributed by atoms with van der Waals surface area (Å²) in [6.07, 6.45) is 3.71. The molecule has 1 aliphatic rings. The lowest BCUT2D eigenvalue weighted by atomic mass is 10.2. The van der Waals surface area contributed by atoms with Crippen LogP contribution in [0.4, 0.5) is 0 Å². The zero-order valence-corrected chi connectivity index (χ0v) is 12.0. The minimum atomic E-state index is -0.0209. The van der Waals surface area contributed by atoms with E-state index < -0.39 is 0 Å². The Morgan fingerprint density at radius 2 is 2.16 bits per heavy atom. The fraction of sp³-hybridized carbons (Fsp3) is 0.267. The molecule has 0 saturated heterocycles. The Morgan fingerprint density at radius 3 is 2.79 bits per heavy atom. The molecule has 0 atom stereocenters. The van der Waals surface area contributed by atoms with Gasteiger partial charge in [0, 0.05) is 17.1 Å².